The van der Waals surface area contributed by atoms with Crippen LogP contribution in [0, 0.1) is 0 Å². The summed E-state index contributed by atoms with van der Waals surface area (Å²) in [6.45, 7) is 0. The molecular weight excluding hydrogens is 677 g/mol. The minimum atomic E-state index is -5.02. The van der Waals surface area contributed by atoms with Crippen molar-refractivity contribution in [1.82, 2.24) is 29.9 Å². The molecule has 0 atom stereocenters. The molecule has 21 heteroatoms. The Labute approximate surface area is 274 Å². The summed E-state index contributed by atoms with van der Waals surface area (Å²) in [6, 6.07) is 7.43. The molecule has 0 aliphatic heterocycles. The summed E-state index contributed by atoms with van der Waals surface area (Å²) < 4.78 is 69.9. The molecule has 2 aromatic heterocycles. The first-order chi connectivity index (χ1) is 18.7. The Hall–Kier alpha value is -2.22. The fraction of sp³-hybridized carbons (Fsp3) is 0. The number of nitrogens with zero attached hydrogens (tertiary/aromatic N) is 6. The van der Waals surface area contributed by atoms with Crippen molar-refractivity contribution in [1.29, 1.82) is 0 Å². The molecule has 4 aromatic rings. The van der Waals surface area contributed by atoms with E-state index < -0.39 is 30.0 Å². The maximum Gasteiger partial charge on any atom is 1.00 e. The van der Waals surface area contributed by atoms with Crippen LogP contribution < -0.4 is 40.2 Å². The third-order valence-corrected chi connectivity index (χ3v) is 7.17. The molecule has 0 radical (unpaired) electrons. The van der Waals surface area contributed by atoms with Gasteiger partial charge in [0.2, 0.25) is 33.0 Å². The Balaban J connectivity index is 0.00000462. The van der Waals surface area contributed by atoms with Gasteiger partial charge in [-0.05, 0) is 81.8 Å². The minimum absolute atomic E-state index is 0. The maximum absolute atomic E-state index is 12.1. The second-order valence-corrected chi connectivity index (χ2v) is 11.5. The van der Waals surface area contributed by atoms with Gasteiger partial charge in [0.15, 0.2) is 0 Å². The first kappa shape index (κ1) is 33.3. The van der Waals surface area contributed by atoms with Gasteiger partial charge in [-0.2, -0.15) is 38.3 Å². The molecule has 0 bridgehead atoms. The van der Waals surface area contributed by atoms with Gasteiger partial charge >= 0.3 is 29.6 Å². The molecule has 0 saturated carbocycles. The number of hydrogen-bond donors (Lipinski definition) is 3. The van der Waals surface area contributed by atoms with E-state index in [2.05, 4.69) is 40.5 Å². The van der Waals surface area contributed by atoms with E-state index >= 15 is 0 Å². The molecule has 208 valence electrons. The zero-order chi connectivity index (χ0) is 29.2. The number of benzene rings is 2. The average Bonchev–Trinajstić information content (AvgIpc) is 2.81. The first-order valence-corrected chi connectivity index (χ1v) is 14.6. The number of rotatable bonds is 8. The fourth-order valence-electron chi connectivity index (χ4n) is 3.14. The topological polar surface area (TPSA) is 213 Å². The van der Waals surface area contributed by atoms with Crippen LogP contribution in [0.25, 0.3) is 12.2 Å². The van der Waals surface area contributed by atoms with Crippen LogP contribution in [0.3, 0.4) is 0 Å². The first-order valence-electron chi connectivity index (χ1n) is 10.3. The molecular formula is C20H11Cl4N8NaO6S2. The van der Waals surface area contributed by atoms with Crippen LogP contribution in [0.15, 0.2) is 46.2 Å². The van der Waals surface area contributed by atoms with Crippen LogP contribution in [0.2, 0.25) is 21.1 Å². The van der Waals surface area contributed by atoms with Crippen LogP contribution in [-0.2, 0) is 20.2 Å². The van der Waals surface area contributed by atoms with E-state index in [0.717, 1.165) is 12.1 Å². The second kappa shape index (κ2) is 13.4. The van der Waals surface area contributed by atoms with Gasteiger partial charge in [-0.1, -0.05) is 24.3 Å². The van der Waals surface area contributed by atoms with Crippen molar-refractivity contribution in [2.75, 3.05) is 10.6 Å². The molecule has 14 nitrogen and oxygen atoms in total. The third kappa shape index (κ3) is 9.13. The van der Waals surface area contributed by atoms with Crippen LogP contribution in [0.1, 0.15) is 11.1 Å². The maximum atomic E-state index is 12.1. The molecule has 0 amide bonds. The van der Waals surface area contributed by atoms with E-state index in [9.17, 15) is 25.9 Å². The molecule has 2 aromatic carbocycles. The van der Waals surface area contributed by atoms with Gasteiger partial charge in [0, 0.05) is 11.4 Å². The summed E-state index contributed by atoms with van der Waals surface area (Å²) in [5.74, 6) is -0.217. The predicted molar refractivity (Wildman–Crippen MR) is 146 cm³/mol. The zero-order valence-corrected chi connectivity index (χ0v) is 26.8. The number of aromatic nitrogens is 6. The van der Waals surface area contributed by atoms with Crippen molar-refractivity contribution in [2.45, 2.75) is 9.79 Å². The van der Waals surface area contributed by atoms with E-state index in [0.29, 0.717) is 0 Å². The molecule has 41 heavy (non-hydrogen) atoms. The Morgan fingerprint density at radius 1 is 0.659 bits per heavy atom. The number of halogens is 4. The molecule has 0 aliphatic rings. The zero-order valence-electron chi connectivity index (χ0n) is 20.1. The van der Waals surface area contributed by atoms with Gasteiger partial charge in [0.1, 0.15) is 15.0 Å². The average molecular weight is 688 g/mol. The molecule has 0 aliphatic carbocycles. The second-order valence-electron chi connectivity index (χ2n) is 7.41. The summed E-state index contributed by atoms with van der Waals surface area (Å²) in [7, 11) is -9.80. The van der Waals surface area contributed by atoms with Crippen LogP contribution in [-0.4, -0.2) is 55.8 Å². The van der Waals surface area contributed by atoms with Gasteiger partial charge in [-0.25, -0.2) is 8.42 Å². The summed E-state index contributed by atoms with van der Waals surface area (Å²) in [4.78, 5) is 21.1. The Morgan fingerprint density at radius 3 is 1.39 bits per heavy atom. The largest absolute Gasteiger partial charge is 1.00 e. The molecule has 0 spiro atoms. The van der Waals surface area contributed by atoms with Gasteiger partial charge < -0.3 is 15.2 Å². The van der Waals surface area contributed by atoms with Crippen molar-refractivity contribution < 1.29 is 55.5 Å². The molecule has 0 unspecified atom stereocenters. The standard InChI is InChI=1S/C20H12Cl4N8O6S2.Na/c21-15-27-16(22)30-19(29-15)25-11-5-3-9(13(7-11)39(33,34)35)1-2-10-4-6-12(8-14(10)40(36,37)38)26-20-31-17(23)28-18(24)32-20;/h1-8H,(H,33,34,35)(H,36,37,38)(H,25,27,29,30)(H,26,28,31,32);/q;+1/p-1. The predicted octanol–water partition coefficient (Wildman–Crippen LogP) is 1.48. The van der Waals surface area contributed by atoms with Gasteiger partial charge in [0.25, 0.3) is 10.1 Å². The van der Waals surface area contributed by atoms with Crippen LogP contribution >= 0.6 is 46.4 Å². The normalized spacial score (nSPS) is 11.8. The van der Waals surface area contributed by atoms with Crippen molar-refractivity contribution in [3.63, 3.8) is 0 Å². The Kier molecular flexibility index (Phi) is 10.9. The van der Waals surface area contributed by atoms with E-state index in [1.807, 2.05) is 0 Å². The fourth-order valence-corrected chi connectivity index (χ4v) is 5.27. The molecule has 0 saturated heterocycles. The number of anilines is 4. The SMILES string of the molecule is O=S(=O)([O-])c1cc(Nc2nc(Cl)nc(Cl)n2)ccc1C=Cc1ccc(Nc2nc(Cl)nc(Cl)n2)cc1S(=O)(=O)O.[Na+]. The van der Waals surface area contributed by atoms with E-state index in [1.165, 1.54) is 36.4 Å². The van der Waals surface area contributed by atoms with Crippen molar-refractivity contribution >= 4 is 102 Å². The van der Waals surface area contributed by atoms with E-state index in [-0.39, 0.29) is 85.1 Å². The van der Waals surface area contributed by atoms with Crippen molar-refractivity contribution in [3.8, 4) is 0 Å². The molecule has 4 rings (SSSR count). The summed E-state index contributed by atoms with van der Waals surface area (Å²) in [6.07, 6.45) is 2.36. The van der Waals surface area contributed by atoms with Gasteiger partial charge in [0.05, 0.1) is 4.90 Å². The van der Waals surface area contributed by atoms with Crippen molar-refractivity contribution in [2.24, 2.45) is 0 Å². The van der Waals surface area contributed by atoms with Crippen LogP contribution in [0.5, 0.6) is 0 Å². The summed E-state index contributed by atoms with van der Waals surface area (Å²) in [5.41, 5.74) is 0.0771. The number of hydrogen-bond acceptors (Lipinski definition) is 13. The smallest absolute Gasteiger partial charge is 0.744 e. The Bertz CT molecular complexity index is 1710. The monoisotopic (exact) mass is 686 g/mol. The summed E-state index contributed by atoms with van der Waals surface area (Å²) >= 11 is 22.9. The number of nitrogens with one attached hydrogen (secondary N) is 2. The molecule has 2 heterocycles. The third-order valence-electron chi connectivity index (χ3n) is 4.69. The van der Waals surface area contributed by atoms with Crippen LogP contribution in [0.4, 0.5) is 23.3 Å². The summed E-state index contributed by atoms with van der Waals surface area (Å²) in [5, 5.41) is 4.43. The van der Waals surface area contributed by atoms with Crippen molar-refractivity contribution in [3.05, 3.63) is 68.7 Å². The van der Waals surface area contributed by atoms with E-state index in [1.54, 1.807) is 0 Å². The quantitative estimate of drug-likeness (QED) is 0.136. The van der Waals surface area contributed by atoms with E-state index in [4.69, 9.17) is 46.4 Å². The minimum Gasteiger partial charge on any atom is -0.744 e. The van der Waals surface area contributed by atoms with Gasteiger partial charge in [-0.15, -0.1) is 0 Å². The molecule has 0 fully saturated rings. The molecule has 3 N–H and O–H groups in total. The Morgan fingerprint density at radius 2 is 1.02 bits per heavy atom. The van der Waals surface area contributed by atoms with Gasteiger partial charge in [-0.3, -0.25) is 4.55 Å².